The van der Waals surface area contributed by atoms with Gasteiger partial charge in [0.25, 0.3) is 9.84 Å². The highest BCUT2D eigenvalue weighted by Crippen LogP contribution is 2.12. The van der Waals surface area contributed by atoms with Gasteiger partial charge in [0.15, 0.2) is 6.39 Å². The van der Waals surface area contributed by atoms with Crippen LogP contribution in [0.4, 0.5) is 9.59 Å². The van der Waals surface area contributed by atoms with Crippen molar-refractivity contribution < 1.29 is 36.7 Å². The largest absolute Gasteiger partial charge is 0.447 e. The van der Waals surface area contributed by atoms with Crippen LogP contribution in [0, 0.1) is 13.5 Å². The summed E-state index contributed by atoms with van der Waals surface area (Å²) in [6.07, 6.45) is 2.42. The molecule has 0 atom stereocenters. The Morgan fingerprint density at radius 2 is 1.55 bits per heavy atom. The number of aryl methyl sites for hydroxylation is 1. The zero-order chi connectivity index (χ0) is 29.4. The Labute approximate surface area is 223 Å². The molecule has 13 heteroatoms. The number of aromatic nitrogens is 1. The van der Waals surface area contributed by atoms with Gasteiger partial charge in [-0.05, 0) is 60.6 Å². The second kappa shape index (κ2) is 16.0. The lowest BCUT2D eigenvalue weighted by atomic mass is 10.2. The van der Waals surface area contributed by atoms with E-state index in [9.17, 15) is 22.8 Å². The Morgan fingerprint density at radius 3 is 1.97 bits per heavy atom. The molecule has 0 unspecified atom stereocenters. The van der Waals surface area contributed by atoms with Crippen molar-refractivity contribution in [1.29, 1.82) is 0 Å². The summed E-state index contributed by atoms with van der Waals surface area (Å²) in [6.45, 7) is 19.3. The zero-order valence-corrected chi connectivity index (χ0v) is 23.5. The molecule has 1 aromatic carbocycles. The highest BCUT2D eigenvalue weighted by atomic mass is 32.2. The summed E-state index contributed by atoms with van der Waals surface area (Å²) in [4.78, 5) is 38.5. The van der Waals surface area contributed by atoms with E-state index in [2.05, 4.69) is 20.5 Å². The maximum absolute atomic E-state index is 11.3. The molecule has 210 valence electrons. The molecule has 12 nitrogen and oxygen atoms in total. The predicted molar refractivity (Wildman–Crippen MR) is 140 cm³/mol. The summed E-state index contributed by atoms with van der Waals surface area (Å²) >= 11 is 0. The number of rotatable bonds is 6. The zero-order valence-electron chi connectivity index (χ0n) is 22.7. The Kier molecular flexibility index (Phi) is 14.4. The number of benzene rings is 1. The molecule has 2 rings (SSSR count). The van der Waals surface area contributed by atoms with E-state index >= 15 is 0 Å². The number of aldehydes is 1. The van der Waals surface area contributed by atoms with Gasteiger partial charge in [-0.15, -0.1) is 0 Å². The molecule has 1 aromatic heterocycles. The maximum Gasteiger partial charge on any atom is 0.408 e. The molecule has 0 aliphatic carbocycles. The predicted octanol–water partition coefficient (Wildman–Crippen LogP) is 4.05. The number of nitrogens with one attached hydrogen (secondary N) is 2. The molecule has 0 fully saturated rings. The number of alkyl carbamates (subject to hydrolysis) is 2. The number of carbonyl (C=O) groups excluding carboxylic acids is 3. The van der Waals surface area contributed by atoms with Crippen LogP contribution in [0.1, 0.15) is 52.9 Å². The smallest absolute Gasteiger partial charge is 0.408 e. The Hall–Kier alpha value is -3.92. The van der Waals surface area contributed by atoms with Gasteiger partial charge in [-0.3, -0.25) is 4.85 Å². The number of amides is 2. The fourth-order valence-corrected chi connectivity index (χ4v) is 3.02. The lowest BCUT2D eigenvalue weighted by Crippen LogP contribution is -2.33. The van der Waals surface area contributed by atoms with Gasteiger partial charge in [0.05, 0.1) is 24.2 Å². The molecule has 38 heavy (non-hydrogen) atoms. The van der Waals surface area contributed by atoms with Gasteiger partial charge < -0.3 is 29.3 Å². The van der Waals surface area contributed by atoms with E-state index in [-0.39, 0.29) is 18.0 Å². The van der Waals surface area contributed by atoms with Crippen molar-refractivity contribution in [2.75, 3.05) is 12.4 Å². The van der Waals surface area contributed by atoms with Crippen molar-refractivity contribution in [2.45, 2.75) is 71.1 Å². The first-order valence-corrected chi connectivity index (χ1v) is 13.0. The summed E-state index contributed by atoms with van der Waals surface area (Å²) < 4.78 is 37.4. The van der Waals surface area contributed by atoms with Crippen molar-refractivity contribution >= 4 is 28.3 Å². The number of ether oxygens (including phenoxy) is 2. The third-order valence-corrected chi connectivity index (χ3v) is 5.09. The minimum Gasteiger partial charge on any atom is -0.447 e. The Balaban J connectivity index is 0.000000545. The Bertz CT molecular complexity index is 1140. The first kappa shape index (κ1) is 34.1. The van der Waals surface area contributed by atoms with Crippen LogP contribution in [0.5, 0.6) is 0 Å². The van der Waals surface area contributed by atoms with Gasteiger partial charge in [0, 0.05) is 0 Å². The lowest BCUT2D eigenvalue weighted by Gasteiger charge is -2.19. The Morgan fingerprint density at radius 1 is 1.03 bits per heavy atom. The molecule has 0 radical (unpaired) electrons. The van der Waals surface area contributed by atoms with Crippen molar-refractivity contribution in [2.24, 2.45) is 0 Å². The molecule has 0 saturated heterocycles. The van der Waals surface area contributed by atoms with E-state index in [1.807, 2.05) is 6.92 Å². The number of sulfone groups is 1. The monoisotopic (exact) mass is 552 g/mol. The van der Waals surface area contributed by atoms with Crippen LogP contribution >= 0.6 is 0 Å². The third-order valence-electron chi connectivity index (χ3n) is 3.63. The van der Waals surface area contributed by atoms with Gasteiger partial charge in [-0.2, -0.15) is 0 Å². The molecule has 1 heterocycles. The average Bonchev–Trinajstić information content (AvgIpc) is 3.29. The van der Waals surface area contributed by atoms with Gasteiger partial charge in [-0.25, -0.2) is 29.6 Å². The second-order valence-electron chi connectivity index (χ2n) is 9.59. The molecule has 0 bridgehead atoms. The van der Waals surface area contributed by atoms with Gasteiger partial charge >= 0.3 is 18.1 Å². The van der Waals surface area contributed by atoms with Crippen LogP contribution in [0.25, 0.3) is 4.85 Å². The first-order valence-electron chi connectivity index (χ1n) is 11.4. The summed E-state index contributed by atoms with van der Waals surface area (Å²) in [5.74, 6) is 0.117. The summed E-state index contributed by atoms with van der Waals surface area (Å²) in [5, 5.41) is 4.81. The molecule has 0 saturated carbocycles. The lowest BCUT2D eigenvalue weighted by molar-refractivity contribution is -0.107. The fraction of sp³-hybridized carbons (Fsp3) is 0.480. The summed E-state index contributed by atoms with van der Waals surface area (Å²) in [7, 11) is -3.38. The van der Waals surface area contributed by atoms with Crippen LogP contribution in [0.2, 0.25) is 0 Å². The van der Waals surface area contributed by atoms with Crippen LogP contribution in [-0.2, 0) is 30.7 Å². The number of hydrogen-bond donors (Lipinski definition) is 2. The van der Waals surface area contributed by atoms with Gasteiger partial charge in [-0.1, -0.05) is 17.7 Å². The van der Waals surface area contributed by atoms with Gasteiger partial charge in [0.2, 0.25) is 0 Å². The molecule has 0 spiro atoms. The van der Waals surface area contributed by atoms with Crippen molar-refractivity contribution in [1.82, 2.24) is 15.6 Å². The van der Waals surface area contributed by atoms with E-state index in [0.717, 1.165) is 5.56 Å². The van der Waals surface area contributed by atoms with E-state index in [0.29, 0.717) is 12.0 Å². The molecule has 0 aliphatic heterocycles. The minimum absolute atomic E-state index is 0.00505. The van der Waals surface area contributed by atoms with E-state index < -0.39 is 39.1 Å². The normalized spacial score (nSPS) is 10.8. The number of carbonyl (C=O) groups is 3. The molecular weight excluding hydrogens is 516 g/mol. The molecule has 0 aliphatic rings. The summed E-state index contributed by atoms with van der Waals surface area (Å²) in [6, 6.07) is 6.49. The standard InChI is InChI=1S/C9H14N2O3.C9H9NO2S.C7H13NO3/c1-9(2,3)14-8(12)11-5-7-4-10-6-13-7;1-8-3-5-9(6-4-8)13(11,12)7-10-2;1-7(2,3)11-6(10)8-4-5-9/h4,6H,5H2,1-3H3,(H,11,12);3-6H,7H2,1H3;5H,4H2,1-3H3,(H,8,10). The average molecular weight is 553 g/mol. The fourth-order valence-electron chi connectivity index (χ4n) is 2.15. The minimum atomic E-state index is -3.38. The van der Waals surface area contributed by atoms with Crippen LogP contribution in [-0.4, -0.2) is 55.5 Å². The quantitative estimate of drug-likeness (QED) is 0.398. The SMILES string of the molecule is CC(C)(C)OC(=O)NCC=O.CC(C)(C)OC(=O)NCc1cnco1.[C-]#[N+]CS(=O)(=O)c1ccc(C)cc1. The van der Waals surface area contributed by atoms with Gasteiger partial charge in [0.1, 0.15) is 23.2 Å². The van der Waals surface area contributed by atoms with E-state index in [1.165, 1.54) is 24.7 Å². The third kappa shape index (κ3) is 17.5. The molecule has 2 N–H and O–H groups in total. The molecular formula is C25H36N4O8S. The van der Waals surface area contributed by atoms with Crippen LogP contribution in [0.3, 0.4) is 0 Å². The topological polar surface area (TPSA) is 158 Å². The second-order valence-corrected chi connectivity index (χ2v) is 11.5. The van der Waals surface area contributed by atoms with Crippen LogP contribution in [0.15, 0.2) is 46.2 Å². The highest BCUT2D eigenvalue weighted by molar-refractivity contribution is 7.91. The molecule has 2 aromatic rings. The summed E-state index contributed by atoms with van der Waals surface area (Å²) in [5.41, 5.74) is 0.0140. The first-order chi connectivity index (χ1) is 17.5. The van der Waals surface area contributed by atoms with E-state index in [1.54, 1.807) is 53.7 Å². The van der Waals surface area contributed by atoms with Crippen molar-refractivity contribution in [3.8, 4) is 0 Å². The van der Waals surface area contributed by atoms with Crippen molar-refractivity contribution in [3.05, 3.63) is 59.6 Å². The van der Waals surface area contributed by atoms with Crippen LogP contribution < -0.4 is 10.6 Å². The van der Waals surface area contributed by atoms with E-state index in [4.69, 9.17) is 20.5 Å². The van der Waals surface area contributed by atoms with Crippen molar-refractivity contribution in [3.63, 3.8) is 0 Å². The number of hydrogen-bond acceptors (Lipinski definition) is 9. The highest BCUT2D eigenvalue weighted by Gasteiger charge is 2.17. The number of oxazole rings is 1. The maximum atomic E-state index is 11.3. The number of nitrogens with zero attached hydrogens (tertiary/aromatic N) is 2. The molecule has 2 amide bonds.